The summed E-state index contributed by atoms with van der Waals surface area (Å²) in [6.45, 7) is 4.60. The molecule has 1 fully saturated rings. The molecule has 0 bridgehead atoms. The van der Waals surface area contributed by atoms with E-state index < -0.39 is 0 Å². The number of hydrogen-bond acceptors (Lipinski definition) is 5. The standard InChI is InChI=1S/C30H29N5O2/c1-21-5-3-16-31-27(21)20-33-18-15-25(19-33)35-29-28(6-4-17-32-29)34(30(35)36)24-11-7-22(8-12-24)23-9-13-26(37-2)14-10-23/h3-14,16-17,25H,15,18-20H2,1-2H3/t25-/m0/s1. The highest BCUT2D eigenvalue weighted by atomic mass is 16.5. The van der Waals surface area contributed by atoms with Crippen molar-refractivity contribution in [1.29, 1.82) is 0 Å². The molecule has 0 radical (unpaired) electrons. The van der Waals surface area contributed by atoms with Gasteiger partial charge >= 0.3 is 5.69 Å². The lowest BCUT2D eigenvalue weighted by molar-refractivity contribution is 0.311. The van der Waals surface area contributed by atoms with Crippen LogP contribution in [0.25, 0.3) is 28.0 Å². The number of fused-ring (bicyclic) bond motifs is 1. The summed E-state index contributed by atoms with van der Waals surface area (Å²) < 4.78 is 8.94. The zero-order chi connectivity index (χ0) is 25.4. The summed E-state index contributed by atoms with van der Waals surface area (Å²) in [6, 6.07) is 24.1. The van der Waals surface area contributed by atoms with Crippen molar-refractivity contribution in [2.75, 3.05) is 20.2 Å². The number of hydrogen-bond donors (Lipinski definition) is 0. The predicted molar refractivity (Wildman–Crippen MR) is 145 cm³/mol. The highest BCUT2D eigenvalue weighted by molar-refractivity contribution is 5.75. The van der Waals surface area contributed by atoms with E-state index in [9.17, 15) is 4.79 Å². The smallest absolute Gasteiger partial charge is 0.335 e. The molecular weight excluding hydrogens is 462 g/mol. The van der Waals surface area contributed by atoms with Gasteiger partial charge in [-0.15, -0.1) is 0 Å². The molecule has 0 aliphatic carbocycles. The number of ether oxygens (including phenoxy) is 1. The Morgan fingerprint density at radius 3 is 2.35 bits per heavy atom. The van der Waals surface area contributed by atoms with Crippen LogP contribution in [0, 0.1) is 6.92 Å². The molecular formula is C30H29N5O2. The van der Waals surface area contributed by atoms with Crippen molar-refractivity contribution in [3.63, 3.8) is 0 Å². The fourth-order valence-electron chi connectivity index (χ4n) is 5.28. The van der Waals surface area contributed by atoms with Crippen LogP contribution in [0.3, 0.4) is 0 Å². The van der Waals surface area contributed by atoms with Gasteiger partial charge in [0, 0.05) is 32.0 Å². The molecule has 6 rings (SSSR count). The lowest BCUT2D eigenvalue weighted by atomic mass is 10.1. The van der Waals surface area contributed by atoms with E-state index in [2.05, 4.69) is 40.0 Å². The number of nitrogens with zero attached hydrogens (tertiary/aromatic N) is 5. The Bertz CT molecular complexity index is 1600. The summed E-state index contributed by atoms with van der Waals surface area (Å²) in [5.74, 6) is 0.827. The molecule has 5 aromatic rings. The second-order valence-electron chi connectivity index (χ2n) is 9.55. The van der Waals surface area contributed by atoms with E-state index in [0.717, 1.165) is 65.5 Å². The zero-order valence-corrected chi connectivity index (χ0v) is 21.0. The highest BCUT2D eigenvalue weighted by Crippen LogP contribution is 2.28. The first kappa shape index (κ1) is 23.2. The first-order valence-corrected chi connectivity index (χ1v) is 12.6. The summed E-state index contributed by atoms with van der Waals surface area (Å²) in [6.07, 6.45) is 4.51. The molecule has 3 aromatic heterocycles. The van der Waals surface area contributed by atoms with Gasteiger partial charge in [-0.2, -0.15) is 0 Å². The number of rotatable bonds is 6. The number of imidazole rings is 1. The number of aryl methyl sites for hydroxylation is 1. The number of aromatic nitrogens is 4. The summed E-state index contributed by atoms with van der Waals surface area (Å²) in [4.78, 5) is 25.4. The van der Waals surface area contributed by atoms with Gasteiger partial charge in [0.2, 0.25) is 0 Å². The van der Waals surface area contributed by atoms with Gasteiger partial charge in [0.05, 0.1) is 30.0 Å². The van der Waals surface area contributed by atoms with Crippen molar-refractivity contribution in [3.05, 3.63) is 107 Å². The molecule has 1 aliphatic rings. The third-order valence-electron chi connectivity index (χ3n) is 7.29. The van der Waals surface area contributed by atoms with E-state index in [1.807, 2.05) is 65.4 Å². The Morgan fingerprint density at radius 1 is 0.919 bits per heavy atom. The zero-order valence-electron chi connectivity index (χ0n) is 21.0. The minimum atomic E-state index is -0.0493. The second-order valence-corrected chi connectivity index (χ2v) is 9.55. The molecule has 0 N–H and O–H groups in total. The average Bonchev–Trinajstić information content (AvgIpc) is 3.51. The number of likely N-dealkylation sites (tertiary alicyclic amines) is 1. The maximum absolute atomic E-state index is 13.9. The lowest BCUT2D eigenvalue weighted by Crippen LogP contribution is -2.29. The Kier molecular flexibility index (Phi) is 6.06. The maximum Gasteiger partial charge on any atom is 0.335 e. The molecule has 0 saturated carbocycles. The van der Waals surface area contributed by atoms with Crippen molar-refractivity contribution in [2.24, 2.45) is 0 Å². The van der Waals surface area contributed by atoms with Crippen LogP contribution in [0.1, 0.15) is 23.7 Å². The number of pyridine rings is 2. The Labute approximate surface area is 215 Å². The van der Waals surface area contributed by atoms with E-state index in [4.69, 9.17) is 4.74 Å². The number of methoxy groups -OCH3 is 1. The van der Waals surface area contributed by atoms with Crippen molar-refractivity contribution in [2.45, 2.75) is 25.9 Å². The fraction of sp³-hybridized carbons (Fsp3) is 0.233. The van der Waals surface area contributed by atoms with E-state index in [-0.39, 0.29) is 11.7 Å². The molecule has 4 heterocycles. The Balaban J connectivity index is 1.32. The highest BCUT2D eigenvalue weighted by Gasteiger charge is 2.29. The minimum Gasteiger partial charge on any atom is -0.497 e. The molecule has 7 heteroatoms. The van der Waals surface area contributed by atoms with E-state index in [1.165, 1.54) is 5.56 Å². The summed E-state index contributed by atoms with van der Waals surface area (Å²) >= 11 is 0. The van der Waals surface area contributed by atoms with Gasteiger partial charge in [-0.3, -0.25) is 19.0 Å². The van der Waals surface area contributed by atoms with Crippen molar-refractivity contribution in [1.82, 2.24) is 24.0 Å². The van der Waals surface area contributed by atoms with Crippen LogP contribution in [-0.4, -0.2) is 44.2 Å². The van der Waals surface area contributed by atoms with E-state index in [0.29, 0.717) is 0 Å². The van der Waals surface area contributed by atoms with Crippen LogP contribution in [0.2, 0.25) is 0 Å². The molecule has 1 saturated heterocycles. The van der Waals surface area contributed by atoms with Gasteiger partial charge in [-0.1, -0.05) is 30.3 Å². The molecule has 1 aliphatic heterocycles. The molecule has 2 aromatic carbocycles. The topological polar surface area (TPSA) is 65.2 Å². The largest absolute Gasteiger partial charge is 0.497 e. The molecule has 37 heavy (non-hydrogen) atoms. The van der Waals surface area contributed by atoms with Gasteiger partial charge < -0.3 is 4.74 Å². The van der Waals surface area contributed by atoms with Gasteiger partial charge in [0.25, 0.3) is 0 Å². The SMILES string of the molecule is COc1ccc(-c2ccc(-n3c(=O)n([C@H]4CCN(Cc5ncccc5C)C4)c4ncccc43)cc2)cc1. The molecule has 7 nitrogen and oxygen atoms in total. The lowest BCUT2D eigenvalue weighted by Gasteiger charge is -2.17. The van der Waals surface area contributed by atoms with Crippen molar-refractivity contribution < 1.29 is 4.74 Å². The third-order valence-corrected chi connectivity index (χ3v) is 7.29. The van der Waals surface area contributed by atoms with E-state index >= 15 is 0 Å². The van der Waals surface area contributed by atoms with Crippen molar-refractivity contribution in [3.8, 4) is 22.6 Å². The van der Waals surface area contributed by atoms with Gasteiger partial charge in [0.1, 0.15) is 5.75 Å². The monoisotopic (exact) mass is 491 g/mol. The fourth-order valence-corrected chi connectivity index (χ4v) is 5.28. The summed E-state index contributed by atoms with van der Waals surface area (Å²) in [5, 5.41) is 0. The van der Waals surface area contributed by atoms with Crippen LogP contribution in [0.15, 0.2) is 90.0 Å². The second kappa shape index (κ2) is 9.67. The normalized spacial score (nSPS) is 15.9. The quantitative estimate of drug-likeness (QED) is 0.334. The van der Waals surface area contributed by atoms with Crippen LogP contribution < -0.4 is 10.4 Å². The first-order chi connectivity index (χ1) is 18.1. The maximum atomic E-state index is 13.9. The molecule has 0 spiro atoms. The van der Waals surface area contributed by atoms with Crippen molar-refractivity contribution >= 4 is 11.2 Å². The summed E-state index contributed by atoms with van der Waals surface area (Å²) in [5.41, 5.74) is 6.80. The van der Waals surface area contributed by atoms with Gasteiger partial charge in [-0.25, -0.2) is 9.78 Å². The predicted octanol–water partition coefficient (Wildman–Crippen LogP) is 5.01. The molecule has 0 unspecified atom stereocenters. The molecule has 1 atom stereocenters. The van der Waals surface area contributed by atoms with Crippen LogP contribution >= 0.6 is 0 Å². The Morgan fingerprint density at radius 2 is 1.62 bits per heavy atom. The van der Waals surface area contributed by atoms with Crippen LogP contribution in [0.5, 0.6) is 5.75 Å². The molecule has 186 valence electrons. The van der Waals surface area contributed by atoms with Crippen LogP contribution in [-0.2, 0) is 6.54 Å². The van der Waals surface area contributed by atoms with E-state index in [1.54, 1.807) is 17.9 Å². The molecule has 0 amide bonds. The summed E-state index contributed by atoms with van der Waals surface area (Å²) in [7, 11) is 1.66. The number of benzene rings is 2. The van der Waals surface area contributed by atoms with Gasteiger partial charge in [-0.05, 0) is 72.5 Å². The Hall–Kier alpha value is -4.23. The first-order valence-electron chi connectivity index (χ1n) is 12.6. The van der Waals surface area contributed by atoms with Gasteiger partial charge in [0.15, 0.2) is 5.65 Å². The van der Waals surface area contributed by atoms with Crippen LogP contribution in [0.4, 0.5) is 0 Å². The third kappa shape index (κ3) is 4.32. The minimum absolute atomic E-state index is 0.0493. The average molecular weight is 492 g/mol.